The molecule has 0 saturated carbocycles. The fraction of sp³-hybridized carbons (Fsp3) is 0.444. The Balaban J connectivity index is 2.13. The summed E-state index contributed by atoms with van der Waals surface area (Å²) < 4.78 is 1.69. The van der Waals surface area contributed by atoms with Crippen molar-refractivity contribution in [2.24, 2.45) is 0 Å². The van der Waals surface area contributed by atoms with Crippen LogP contribution in [0, 0.1) is 0 Å². The van der Waals surface area contributed by atoms with Crippen LogP contribution in [0.1, 0.15) is 77.2 Å². The lowest BCUT2D eigenvalue weighted by Crippen LogP contribution is -2.37. The van der Waals surface area contributed by atoms with Gasteiger partial charge in [0.15, 0.2) is 0 Å². The van der Waals surface area contributed by atoms with Gasteiger partial charge < -0.3 is 4.90 Å². The molecule has 5 nitrogen and oxygen atoms in total. The quantitative estimate of drug-likeness (QED) is 0.378. The molecule has 0 saturated heterocycles. The molecule has 0 spiro atoms. The Kier molecular flexibility index (Phi) is 8.20. The van der Waals surface area contributed by atoms with Gasteiger partial charge in [-0.15, -0.1) is 0 Å². The van der Waals surface area contributed by atoms with Crippen molar-refractivity contribution in [1.29, 1.82) is 0 Å². The molecule has 0 aliphatic heterocycles. The highest BCUT2D eigenvalue weighted by Gasteiger charge is 2.26. The molecule has 1 unspecified atom stereocenters. The van der Waals surface area contributed by atoms with Crippen LogP contribution in [0.3, 0.4) is 0 Å². The first-order valence-corrected chi connectivity index (χ1v) is 11.9. The van der Waals surface area contributed by atoms with E-state index in [4.69, 9.17) is 4.98 Å². The first-order valence-electron chi connectivity index (χ1n) is 11.9. The first kappa shape index (κ1) is 23.7. The lowest BCUT2D eigenvalue weighted by molar-refractivity contribution is -0.133. The van der Waals surface area contributed by atoms with E-state index in [9.17, 15) is 9.59 Å². The number of aromatic nitrogens is 2. The van der Waals surface area contributed by atoms with Crippen LogP contribution >= 0.6 is 0 Å². The van der Waals surface area contributed by atoms with Gasteiger partial charge in [-0.3, -0.25) is 14.2 Å². The Morgan fingerprint density at radius 3 is 2.38 bits per heavy atom. The Morgan fingerprint density at radius 1 is 1.00 bits per heavy atom. The molecule has 2 aromatic carbocycles. The van der Waals surface area contributed by atoms with Crippen molar-refractivity contribution >= 4 is 16.8 Å². The molecule has 0 fully saturated rings. The van der Waals surface area contributed by atoms with Crippen molar-refractivity contribution in [3.8, 4) is 5.69 Å². The zero-order valence-corrected chi connectivity index (χ0v) is 19.8. The molecule has 1 aromatic heterocycles. The van der Waals surface area contributed by atoms with E-state index in [1.165, 1.54) is 5.56 Å². The largest absolute Gasteiger partial charge is 0.333 e. The molecule has 32 heavy (non-hydrogen) atoms. The number of rotatable bonds is 10. The summed E-state index contributed by atoms with van der Waals surface area (Å²) in [6.07, 6.45) is 5.33. The number of carbonyl (C=O) groups is 1. The summed E-state index contributed by atoms with van der Waals surface area (Å²) in [6, 6.07) is 15.2. The summed E-state index contributed by atoms with van der Waals surface area (Å²) in [5.74, 6) is 0.735. The molecule has 1 amide bonds. The SMILES string of the molecule is CCCCCC(=O)N(CCC)C(C)c1nc2ccccc2c(=O)n1-c1ccc(CC)cc1. The van der Waals surface area contributed by atoms with Gasteiger partial charge in [0, 0.05) is 13.0 Å². The molecule has 1 atom stereocenters. The number of amides is 1. The standard InChI is InChI=1S/C27H35N3O2/c1-5-8-9-14-25(31)29(19-6-2)20(4)26-28-24-13-11-10-12-23(24)27(32)30(26)22-17-15-21(7-3)16-18-22/h10-13,15-18,20H,5-9,14,19H2,1-4H3. The highest BCUT2D eigenvalue weighted by molar-refractivity contribution is 5.79. The Bertz CT molecular complexity index is 1100. The van der Waals surface area contributed by atoms with Gasteiger partial charge in [-0.1, -0.05) is 57.9 Å². The molecule has 3 aromatic rings. The third-order valence-electron chi connectivity index (χ3n) is 6.02. The zero-order chi connectivity index (χ0) is 23.1. The fourth-order valence-corrected chi connectivity index (χ4v) is 4.14. The summed E-state index contributed by atoms with van der Waals surface area (Å²) in [5.41, 5.74) is 2.55. The number of hydrogen-bond acceptors (Lipinski definition) is 3. The monoisotopic (exact) mass is 433 g/mol. The molecule has 0 radical (unpaired) electrons. The molecular formula is C27H35N3O2. The molecule has 170 valence electrons. The van der Waals surface area contributed by atoms with Crippen LogP contribution in [0.15, 0.2) is 53.3 Å². The second-order valence-electron chi connectivity index (χ2n) is 8.37. The van der Waals surface area contributed by atoms with E-state index in [1.54, 1.807) is 4.57 Å². The van der Waals surface area contributed by atoms with Gasteiger partial charge in [0.1, 0.15) is 5.82 Å². The molecule has 3 rings (SSSR count). The van der Waals surface area contributed by atoms with E-state index in [0.717, 1.165) is 37.8 Å². The summed E-state index contributed by atoms with van der Waals surface area (Å²) in [4.78, 5) is 33.5. The van der Waals surface area contributed by atoms with Crippen molar-refractivity contribution in [2.75, 3.05) is 6.54 Å². The molecule has 0 bridgehead atoms. The van der Waals surface area contributed by atoms with E-state index >= 15 is 0 Å². The molecular weight excluding hydrogens is 398 g/mol. The van der Waals surface area contributed by atoms with Crippen LogP contribution in [-0.4, -0.2) is 26.9 Å². The van der Waals surface area contributed by atoms with Crippen molar-refractivity contribution < 1.29 is 4.79 Å². The number of nitrogens with zero attached hydrogens (tertiary/aromatic N) is 3. The minimum atomic E-state index is -0.313. The van der Waals surface area contributed by atoms with Gasteiger partial charge >= 0.3 is 0 Å². The van der Waals surface area contributed by atoms with Crippen molar-refractivity contribution in [1.82, 2.24) is 14.5 Å². The van der Waals surface area contributed by atoms with Crippen molar-refractivity contribution in [3.05, 3.63) is 70.3 Å². The average molecular weight is 434 g/mol. The Hall–Kier alpha value is -2.95. The van der Waals surface area contributed by atoms with Crippen LogP contribution in [0.4, 0.5) is 0 Å². The number of aryl methyl sites for hydroxylation is 1. The maximum absolute atomic E-state index is 13.6. The minimum Gasteiger partial charge on any atom is -0.333 e. The second kappa shape index (κ2) is 11.1. The maximum atomic E-state index is 13.6. The number of para-hydroxylation sites is 1. The Labute approximate surface area is 191 Å². The highest BCUT2D eigenvalue weighted by Crippen LogP contribution is 2.24. The van der Waals surface area contributed by atoms with Crippen LogP contribution in [0.2, 0.25) is 0 Å². The predicted molar refractivity (Wildman–Crippen MR) is 131 cm³/mol. The topological polar surface area (TPSA) is 55.2 Å². The number of carbonyl (C=O) groups excluding carboxylic acids is 1. The first-order chi connectivity index (χ1) is 15.5. The molecule has 1 heterocycles. The number of benzene rings is 2. The van der Waals surface area contributed by atoms with Crippen LogP contribution < -0.4 is 5.56 Å². The highest BCUT2D eigenvalue weighted by atomic mass is 16.2. The smallest absolute Gasteiger partial charge is 0.266 e. The maximum Gasteiger partial charge on any atom is 0.266 e. The third kappa shape index (κ3) is 5.09. The van der Waals surface area contributed by atoms with E-state index < -0.39 is 0 Å². The third-order valence-corrected chi connectivity index (χ3v) is 6.02. The summed E-state index contributed by atoms with van der Waals surface area (Å²) in [6.45, 7) is 8.95. The average Bonchev–Trinajstić information content (AvgIpc) is 2.82. The summed E-state index contributed by atoms with van der Waals surface area (Å²) >= 11 is 0. The normalized spacial score (nSPS) is 12.1. The van der Waals surface area contributed by atoms with E-state index in [0.29, 0.717) is 29.7 Å². The van der Waals surface area contributed by atoms with Gasteiger partial charge in [-0.25, -0.2) is 4.98 Å². The van der Waals surface area contributed by atoms with Gasteiger partial charge in [0.25, 0.3) is 5.56 Å². The van der Waals surface area contributed by atoms with Gasteiger partial charge in [-0.2, -0.15) is 0 Å². The minimum absolute atomic E-state index is 0.100. The molecule has 5 heteroatoms. The zero-order valence-electron chi connectivity index (χ0n) is 19.8. The number of hydrogen-bond donors (Lipinski definition) is 0. The lowest BCUT2D eigenvalue weighted by atomic mass is 10.1. The van der Waals surface area contributed by atoms with Gasteiger partial charge in [0.2, 0.25) is 5.91 Å². The molecule has 0 aliphatic rings. The van der Waals surface area contributed by atoms with E-state index in [2.05, 4.69) is 20.8 Å². The van der Waals surface area contributed by atoms with Crippen LogP contribution in [-0.2, 0) is 11.2 Å². The molecule has 0 N–H and O–H groups in total. The Morgan fingerprint density at radius 2 is 1.72 bits per heavy atom. The van der Waals surface area contributed by atoms with Gasteiger partial charge in [-0.05, 0) is 56.0 Å². The van der Waals surface area contributed by atoms with Gasteiger partial charge in [0.05, 0.1) is 22.6 Å². The lowest BCUT2D eigenvalue weighted by Gasteiger charge is -2.30. The number of unbranched alkanes of at least 4 members (excludes halogenated alkanes) is 2. The summed E-state index contributed by atoms with van der Waals surface area (Å²) in [5, 5.41) is 0.583. The second-order valence-corrected chi connectivity index (χ2v) is 8.37. The van der Waals surface area contributed by atoms with Crippen molar-refractivity contribution in [3.63, 3.8) is 0 Å². The molecule has 0 aliphatic carbocycles. The van der Waals surface area contributed by atoms with Crippen molar-refractivity contribution in [2.45, 2.75) is 72.3 Å². The fourth-order valence-electron chi connectivity index (χ4n) is 4.14. The predicted octanol–water partition coefficient (Wildman–Crippen LogP) is 5.83. The number of fused-ring (bicyclic) bond motifs is 1. The van der Waals surface area contributed by atoms with Crippen LogP contribution in [0.5, 0.6) is 0 Å². The van der Waals surface area contributed by atoms with E-state index in [1.807, 2.05) is 60.4 Å². The summed E-state index contributed by atoms with van der Waals surface area (Å²) in [7, 11) is 0. The van der Waals surface area contributed by atoms with E-state index in [-0.39, 0.29) is 17.5 Å². The van der Waals surface area contributed by atoms with Crippen LogP contribution in [0.25, 0.3) is 16.6 Å².